The van der Waals surface area contributed by atoms with Gasteiger partial charge in [0.25, 0.3) is 0 Å². The lowest BCUT2D eigenvalue weighted by Gasteiger charge is -2.26. The summed E-state index contributed by atoms with van der Waals surface area (Å²) in [7, 11) is 0. The molecule has 0 unspecified atom stereocenters. The predicted octanol–water partition coefficient (Wildman–Crippen LogP) is 4.61. The van der Waals surface area contributed by atoms with Gasteiger partial charge < -0.3 is 9.84 Å². The summed E-state index contributed by atoms with van der Waals surface area (Å²) >= 11 is 0. The van der Waals surface area contributed by atoms with Crippen molar-refractivity contribution in [2.45, 2.75) is 99.5 Å². The molecule has 0 spiro atoms. The molecule has 0 aliphatic rings. The van der Waals surface area contributed by atoms with Gasteiger partial charge >= 0.3 is 0 Å². The normalized spacial score (nSPS) is 13.2. The summed E-state index contributed by atoms with van der Waals surface area (Å²) in [4.78, 5) is 15.7. The SMILES string of the molecule is CC(C)(C)NC(=O)C(C)(C)C.CC(C)(C)c1noc(C(C)(C)C)n1. The minimum Gasteiger partial charge on any atom is -0.351 e. The molecule has 140 valence electrons. The molecule has 1 heterocycles. The fourth-order valence-corrected chi connectivity index (χ4v) is 1.36. The Labute approximate surface area is 148 Å². The van der Waals surface area contributed by atoms with Crippen LogP contribution in [-0.2, 0) is 15.6 Å². The second-order valence-corrected chi connectivity index (χ2v) is 10.4. The molecule has 5 nitrogen and oxygen atoms in total. The number of amides is 1. The highest BCUT2D eigenvalue weighted by atomic mass is 16.5. The van der Waals surface area contributed by atoms with Gasteiger partial charge in [-0.05, 0) is 20.8 Å². The van der Waals surface area contributed by atoms with E-state index in [4.69, 9.17) is 4.52 Å². The lowest BCUT2D eigenvalue weighted by molar-refractivity contribution is -0.130. The Morgan fingerprint density at radius 1 is 0.833 bits per heavy atom. The highest BCUT2D eigenvalue weighted by Gasteiger charge is 2.26. The van der Waals surface area contributed by atoms with E-state index in [1.807, 2.05) is 41.5 Å². The van der Waals surface area contributed by atoms with E-state index in [2.05, 4.69) is 57.0 Å². The van der Waals surface area contributed by atoms with Crippen molar-refractivity contribution in [1.29, 1.82) is 0 Å². The van der Waals surface area contributed by atoms with Gasteiger partial charge in [-0.2, -0.15) is 4.98 Å². The molecule has 1 N–H and O–H groups in total. The minimum atomic E-state index is -0.284. The first-order chi connectivity index (χ1) is 10.3. The van der Waals surface area contributed by atoms with Crippen LogP contribution in [0.4, 0.5) is 0 Å². The van der Waals surface area contributed by atoms with Crippen LogP contribution in [0, 0.1) is 5.41 Å². The van der Waals surface area contributed by atoms with Crippen molar-refractivity contribution in [2.75, 3.05) is 0 Å². The highest BCUT2D eigenvalue weighted by Crippen LogP contribution is 2.24. The van der Waals surface area contributed by atoms with E-state index in [-0.39, 0.29) is 27.7 Å². The zero-order valence-corrected chi connectivity index (χ0v) is 17.7. The molecular weight excluding hydrogens is 302 g/mol. The van der Waals surface area contributed by atoms with Gasteiger partial charge in [0.05, 0.1) is 0 Å². The molecule has 1 aromatic heterocycles. The van der Waals surface area contributed by atoms with Crippen LogP contribution in [0.5, 0.6) is 0 Å². The van der Waals surface area contributed by atoms with Gasteiger partial charge in [-0.3, -0.25) is 4.79 Å². The smallest absolute Gasteiger partial charge is 0.232 e. The summed E-state index contributed by atoms with van der Waals surface area (Å²) in [5.41, 5.74) is -0.499. The standard InChI is InChI=1S/C10H18N2O.C9H19NO/c1-9(2,3)7-11-8(13-12-7)10(4,5)6;1-8(2,3)7(11)10-9(4,5)6/h1-6H3;1-6H3,(H,10,11). The molecule has 0 bridgehead atoms. The summed E-state index contributed by atoms with van der Waals surface area (Å²) in [6.07, 6.45) is 0. The molecule has 0 saturated heterocycles. The first-order valence-electron chi connectivity index (χ1n) is 8.51. The number of nitrogens with one attached hydrogen (secondary N) is 1. The van der Waals surface area contributed by atoms with Gasteiger partial charge in [0, 0.05) is 21.8 Å². The van der Waals surface area contributed by atoms with E-state index in [0.29, 0.717) is 5.89 Å². The summed E-state index contributed by atoms with van der Waals surface area (Å²) in [5, 5.41) is 6.89. The Morgan fingerprint density at radius 2 is 1.29 bits per heavy atom. The van der Waals surface area contributed by atoms with Gasteiger partial charge in [-0.25, -0.2) is 0 Å². The number of hydrogen-bond acceptors (Lipinski definition) is 4. The van der Waals surface area contributed by atoms with E-state index in [9.17, 15) is 4.79 Å². The van der Waals surface area contributed by atoms with Crippen LogP contribution in [0.3, 0.4) is 0 Å². The second-order valence-electron chi connectivity index (χ2n) is 10.4. The van der Waals surface area contributed by atoms with Crippen LogP contribution in [0.1, 0.15) is 94.8 Å². The molecule has 0 aromatic carbocycles. The molecule has 0 radical (unpaired) electrons. The van der Waals surface area contributed by atoms with E-state index < -0.39 is 0 Å². The Balaban J connectivity index is 0.000000449. The molecule has 1 amide bonds. The van der Waals surface area contributed by atoms with Crippen LogP contribution in [-0.4, -0.2) is 21.6 Å². The van der Waals surface area contributed by atoms with E-state index in [0.717, 1.165) is 5.82 Å². The number of rotatable bonds is 0. The number of nitrogens with zero attached hydrogens (tertiary/aromatic N) is 2. The van der Waals surface area contributed by atoms with Crippen molar-refractivity contribution < 1.29 is 9.32 Å². The van der Waals surface area contributed by atoms with Crippen LogP contribution < -0.4 is 5.32 Å². The number of hydrogen-bond donors (Lipinski definition) is 1. The first kappa shape index (κ1) is 22.6. The van der Waals surface area contributed by atoms with Crippen LogP contribution >= 0.6 is 0 Å². The largest absolute Gasteiger partial charge is 0.351 e. The third kappa shape index (κ3) is 8.46. The minimum absolute atomic E-state index is 0.0347. The topological polar surface area (TPSA) is 68.0 Å². The summed E-state index contributed by atoms with van der Waals surface area (Å²) in [6, 6.07) is 0. The average molecular weight is 340 g/mol. The quantitative estimate of drug-likeness (QED) is 0.749. The molecule has 0 aliphatic heterocycles. The number of aromatic nitrogens is 2. The molecule has 5 heteroatoms. The van der Waals surface area contributed by atoms with Crippen LogP contribution in [0.2, 0.25) is 0 Å². The summed E-state index contributed by atoms with van der Waals surface area (Å²) in [5.74, 6) is 1.58. The molecule has 0 aliphatic carbocycles. The third-order valence-corrected chi connectivity index (χ3v) is 2.91. The van der Waals surface area contributed by atoms with Gasteiger partial charge in [0.2, 0.25) is 11.8 Å². The Kier molecular flexibility index (Phi) is 6.82. The first-order valence-corrected chi connectivity index (χ1v) is 8.51. The summed E-state index contributed by atoms with van der Waals surface area (Å²) < 4.78 is 5.19. The molecule has 24 heavy (non-hydrogen) atoms. The van der Waals surface area contributed by atoms with Crippen molar-refractivity contribution in [3.8, 4) is 0 Å². The van der Waals surface area contributed by atoms with Crippen molar-refractivity contribution >= 4 is 5.91 Å². The number of carbonyl (C=O) groups excluding carboxylic acids is 1. The maximum absolute atomic E-state index is 11.4. The predicted molar refractivity (Wildman–Crippen MR) is 99.0 cm³/mol. The maximum Gasteiger partial charge on any atom is 0.232 e. The molecule has 1 aromatic rings. The van der Waals surface area contributed by atoms with Gasteiger partial charge in [0.1, 0.15) is 0 Å². The zero-order valence-electron chi connectivity index (χ0n) is 17.7. The Hall–Kier alpha value is -1.39. The fourth-order valence-electron chi connectivity index (χ4n) is 1.36. The van der Waals surface area contributed by atoms with E-state index in [1.54, 1.807) is 0 Å². The van der Waals surface area contributed by atoms with Gasteiger partial charge in [-0.1, -0.05) is 67.5 Å². The lowest BCUT2D eigenvalue weighted by atomic mass is 9.94. The van der Waals surface area contributed by atoms with E-state index in [1.165, 1.54) is 0 Å². The average Bonchev–Trinajstić information content (AvgIpc) is 2.73. The number of carbonyl (C=O) groups is 1. The van der Waals surface area contributed by atoms with Gasteiger partial charge in [-0.15, -0.1) is 0 Å². The van der Waals surface area contributed by atoms with Crippen molar-refractivity contribution in [3.63, 3.8) is 0 Å². The maximum atomic E-state index is 11.4. The van der Waals surface area contributed by atoms with Crippen molar-refractivity contribution in [1.82, 2.24) is 15.5 Å². The summed E-state index contributed by atoms with van der Waals surface area (Å²) in [6.45, 7) is 24.1. The third-order valence-electron chi connectivity index (χ3n) is 2.91. The van der Waals surface area contributed by atoms with Crippen molar-refractivity contribution in [2.24, 2.45) is 5.41 Å². The molecule has 0 atom stereocenters. The lowest BCUT2D eigenvalue weighted by Crippen LogP contribution is -2.46. The highest BCUT2D eigenvalue weighted by molar-refractivity contribution is 5.81. The van der Waals surface area contributed by atoms with Crippen molar-refractivity contribution in [3.05, 3.63) is 11.7 Å². The van der Waals surface area contributed by atoms with Crippen LogP contribution in [0.15, 0.2) is 4.52 Å². The van der Waals surface area contributed by atoms with E-state index >= 15 is 0 Å². The molecule has 0 fully saturated rings. The molecule has 0 saturated carbocycles. The van der Waals surface area contributed by atoms with Crippen LogP contribution in [0.25, 0.3) is 0 Å². The second kappa shape index (κ2) is 7.24. The fraction of sp³-hybridized carbons (Fsp3) is 0.842. The Bertz CT molecular complexity index is 504. The Morgan fingerprint density at radius 3 is 1.46 bits per heavy atom. The molecular formula is C19H37N3O2. The monoisotopic (exact) mass is 339 g/mol. The zero-order chi connectivity index (χ0) is 19.6. The van der Waals surface area contributed by atoms with Gasteiger partial charge in [0.15, 0.2) is 5.82 Å². The molecule has 1 rings (SSSR count).